The van der Waals surface area contributed by atoms with Crippen LogP contribution in [0.1, 0.15) is 46.8 Å². The van der Waals surface area contributed by atoms with Crippen molar-refractivity contribution in [3.05, 3.63) is 71.3 Å². The number of aryl methyl sites for hydroxylation is 1. The lowest BCUT2D eigenvalue weighted by atomic mass is 9.96. The van der Waals surface area contributed by atoms with Crippen LogP contribution in [0, 0.1) is 12.8 Å². The van der Waals surface area contributed by atoms with E-state index < -0.39 is 0 Å². The molecule has 0 bridgehead atoms. The van der Waals surface area contributed by atoms with E-state index in [1.54, 1.807) is 0 Å². The van der Waals surface area contributed by atoms with Gasteiger partial charge in [0.2, 0.25) is 5.91 Å². The summed E-state index contributed by atoms with van der Waals surface area (Å²) in [5, 5.41) is 6.29. The van der Waals surface area contributed by atoms with Crippen LogP contribution in [-0.2, 0) is 4.79 Å². The van der Waals surface area contributed by atoms with Gasteiger partial charge in [-0.2, -0.15) is 0 Å². The van der Waals surface area contributed by atoms with Crippen LogP contribution >= 0.6 is 12.4 Å². The second-order valence-corrected chi connectivity index (χ2v) is 7.91. The van der Waals surface area contributed by atoms with Gasteiger partial charge in [-0.15, -0.1) is 12.4 Å². The molecule has 30 heavy (non-hydrogen) atoms. The number of carbonyl (C=O) groups excluding carboxylic acids is 2. The predicted octanol–water partition coefficient (Wildman–Crippen LogP) is 3.74. The lowest BCUT2D eigenvalue weighted by Crippen LogP contribution is -2.44. The van der Waals surface area contributed by atoms with Gasteiger partial charge < -0.3 is 15.5 Å². The fraction of sp³-hybridized carbons (Fsp3) is 0.417. The maximum absolute atomic E-state index is 13.0. The molecule has 5 nitrogen and oxygen atoms in total. The standard InChI is InChI=1S/C24H31N3O2.ClH/c1-18-10-12-21(13-11-18)24(29)26-22(20-8-4-3-5-9-20)15-23(28)27-14-6-7-19(17-27)16-25-2;/h3-5,8-13,19,22,25H,6-7,14-17H2,1-2H3,(H,26,29);1H. The molecule has 2 amide bonds. The molecular weight excluding hydrogens is 398 g/mol. The maximum atomic E-state index is 13.0. The van der Waals surface area contributed by atoms with Crippen LogP contribution in [-0.4, -0.2) is 43.4 Å². The first kappa shape index (κ1) is 23.9. The summed E-state index contributed by atoms with van der Waals surface area (Å²) in [6.45, 7) is 4.50. The van der Waals surface area contributed by atoms with Gasteiger partial charge in [-0.3, -0.25) is 9.59 Å². The summed E-state index contributed by atoms with van der Waals surface area (Å²) in [7, 11) is 1.95. The monoisotopic (exact) mass is 429 g/mol. The zero-order valence-corrected chi connectivity index (χ0v) is 18.6. The van der Waals surface area contributed by atoms with E-state index in [4.69, 9.17) is 0 Å². The van der Waals surface area contributed by atoms with E-state index in [0.29, 0.717) is 11.5 Å². The number of carbonyl (C=O) groups is 2. The Balaban J connectivity index is 0.00000320. The Kier molecular flexibility index (Phi) is 9.34. The SMILES string of the molecule is CNCC1CCCN(C(=O)CC(NC(=O)c2ccc(C)cc2)c2ccccc2)C1.Cl. The third-order valence-corrected chi connectivity index (χ3v) is 5.56. The maximum Gasteiger partial charge on any atom is 0.251 e. The molecule has 2 unspecified atom stereocenters. The Bertz CT molecular complexity index is 809. The second kappa shape index (κ2) is 11.7. The number of nitrogens with zero attached hydrogens (tertiary/aromatic N) is 1. The van der Waals surface area contributed by atoms with E-state index in [9.17, 15) is 9.59 Å². The van der Waals surface area contributed by atoms with Crippen LogP contribution in [0.3, 0.4) is 0 Å². The molecule has 0 spiro atoms. The van der Waals surface area contributed by atoms with E-state index in [0.717, 1.165) is 43.6 Å². The van der Waals surface area contributed by atoms with Crippen LogP contribution in [0.25, 0.3) is 0 Å². The van der Waals surface area contributed by atoms with E-state index in [2.05, 4.69) is 10.6 Å². The van der Waals surface area contributed by atoms with Crippen LogP contribution in [0.4, 0.5) is 0 Å². The molecule has 0 aliphatic carbocycles. The Labute approximate surface area is 185 Å². The molecule has 1 aliphatic rings. The first-order valence-electron chi connectivity index (χ1n) is 10.4. The van der Waals surface area contributed by atoms with Crippen molar-refractivity contribution in [2.45, 2.75) is 32.2 Å². The second-order valence-electron chi connectivity index (χ2n) is 7.91. The number of benzene rings is 2. The molecule has 6 heteroatoms. The van der Waals surface area contributed by atoms with Gasteiger partial charge >= 0.3 is 0 Å². The fourth-order valence-electron chi connectivity index (χ4n) is 3.93. The Hall–Kier alpha value is -2.37. The molecule has 2 aromatic carbocycles. The molecule has 1 heterocycles. The van der Waals surface area contributed by atoms with E-state index in [1.807, 2.05) is 73.5 Å². The largest absolute Gasteiger partial charge is 0.345 e. The van der Waals surface area contributed by atoms with E-state index in [-0.39, 0.29) is 36.7 Å². The Morgan fingerprint density at radius 1 is 1.10 bits per heavy atom. The highest BCUT2D eigenvalue weighted by Gasteiger charge is 2.26. The molecule has 1 saturated heterocycles. The van der Waals surface area contributed by atoms with Gasteiger partial charge in [-0.05, 0) is 57.0 Å². The summed E-state index contributed by atoms with van der Waals surface area (Å²) in [5.41, 5.74) is 2.67. The summed E-state index contributed by atoms with van der Waals surface area (Å²) >= 11 is 0. The number of likely N-dealkylation sites (tertiary alicyclic amines) is 1. The van der Waals surface area contributed by atoms with E-state index in [1.165, 1.54) is 0 Å². The smallest absolute Gasteiger partial charge is 0.251 e. The highest BCUT2D eigenvalue weighted by atomic mass is 35.5. The Morgan fingerprint density at radius 3 is 2.47 bits per heavy atom. The van der Waals surface area contributed by atoms with Crippen LogP contribution in [0.2, 0.25) is 0 Å². The van der Waals surface area contributed by atoms with Crippen LogP contribution in [0.5, 0.6) is 0 Å². The van der Waals surface area contributed by atoms with Gasteiger partial charge in [0.1, 0.15) is 0 Å². The molecule has 0 radical (unpaired) electrons. The van der Waals surface area contributed by atoms with Gasteiger partial charge in [0.15, 0.2) is 0 Å². The average Bonchev–Trinajstić information content (AvgIpc) is 2.74. The number of piperidine rings is 1. The van der Waals surface area contributed by atoms with Crippen molar-refractivity contribution >= 4 is 24.2 Å². The number of halogens is 1. The lowest BCUT2D eigenvalue weighted by Gasteiger charge is -2.34. The van der Waals surface area contributed by atoms with Crippen molar-refractivity contribution in [2.75, 3.05) is 26.7 Å². The quantitative estimate of drug-likeness (QED) is 0.704. The molecule has 2 N–H and O–H groups in total. The van der Waals surface area contributed by atoms with Crippen LogP contribution in [0.15, 0.2) is 54.6 Å². The van der Waals surface area contributed by atoms with Crippen LogP contribution < -0.4 is 10.6 Å². The zero-order chi connectivity index (χ0) is 20.6. The van der Waals surface area contributed by atoms with Gasteiger partial charge in [-0.25, -0.2) is 0 Å². The molecule has 0 saturated carbocycles. The average molecular weight is 430 g/mol. The topological polar surface area (TPSA) is 61.4 Å². The normalized spacial score (nSPS) is 17.0. The lowest BCUT2D eigenvalue weighted by molar-refractivity contribution is -0.133. The van der Waals surface area contributed by atoms with E-state index >= 15 is 0 Å². The minimum absolute atomic E-state index is 0. The first-order valence-corrected chi connectivity index (χ1v) is 10.4. The molecule has 2 atom stereocenters. The van der Waals surface area contributed by atoms with Gasteiger partial charge in [-0.1, -0.05) is 48.0 Å². The number of amides is 2. The highest BCUT2D eigenvalue weighted by molar-refractivity contribution is 5.94. The molecule has 1 aliphatic heterocycles. The van der Waals surface area contributed by atoms with Crippen molar-refractivity contribution in [2.24, 2.45) is 5.92 Å². The molecular formula is C24H32ClN3O2. The van der Waals surface area contributed by atoms with Gasteiger partial charge in [0.05, 0.1) is 12.5 Å². The number of hydrogen-bond donors (Lipinski definition) is 2. The van der Waals surface area contributed by atoms with Crippen molar-refractivity contribution in [3.8, 4) is 0 Å². The minimum atomic E-state index is -0.345. The molecule has 162 valence electrons. The molecule has 0 aromatic heterocycles. The summed E-state index contributed by atoms with van der Waals surface area (Å²) < 4.78 is 0. The number of rotatable bonds is 7. The number of hydrogen-bond acceptors (Lipinski definition) is 3. The van der Waals surface area contributed by atoms with Crippen molar-refractivity contribution in [3.63, 3.8) is 0 Å². The summed E-state index contributed by atoms with van der Waals surface area (Å²) in [6.07, 6.45) is 2.45. The number of nitrogens with one attached hydrogen (secondary N) is 2. The first-order chi connectivity index (χ1) is 14.1. The van der Waals surface area contributed by atoms with Crippen molar-refractivity contribution in [1.29, 1.82) is 0 Å². The Morgan fingerprint density at radius 2 is 1.80 bits per heavy atom. The summed E-state index contributed by atoms with van der Waals surface area (Å²) in [6, 6.07) is 16.9. The van der Waals surface area contributed by atoms with Crippen molar-refractivity contribution in [1.82, 2.24) is 15.5 Å². The minimum Gasteiger partial charge on any atom is -0.345 e. The highest BCUT2D eigenvalue weighted by Crippen LogP contribution is 2.22. The van der Waals surface area contributed by atoms with Crippen molar-refractivity contribution < 1.29 is 9.59 Å². The molecule has 3 rings (SSSR count). The fourth-order valence-corrected chi connectivity index (χ4v) is 3.93. The predicted molar refractivity (Wildman–Crippen MR) is 123 cm³/mol. The third kappa shape index (κ3) is 6.57. The molecule has 2 aromatic rings. The zero-order valence-electron chi connectivity index (χ0n) is 17.8. The summed E-state index contributed by atoms with van der Waals surface area (Å²) in [4.78, 5) is 27.8. The van der Waals surface area contributed by atoms with Gasteiger partial charge in [0.25, 0.3) is 5.91 Å². The van der Waals surface area contributed by atoms with Gasteiger partial charge in [0, 0.05) is 18.7 Å². The third-order valence-electron chi connectivity index (χ3n) is 5.56. The summed E-state index contributed by atoms with van der Waals surface area (Å²) in [5.74, 6) is 0.442. The molecule has 1 fully saturated rings.